The first-order chi connectivity index (χ1) is 18.0. The molecule has 0 saturated heterocycles. The van der Waals surface area contributed by atoms with Gasteiger partial charge in [-0.2, -0.15) is 5.10 Å². The fourth-order valence-electron chi connectivity index (χ4n) is 5.18. The third kappa shape index (κ3) is 7.35. The van der Waals surface area contributed by atoms with E-state index >= 15 is 0 Å². The van der Waals surface area contributed by atoms with Crippen LogP contribution in [0.5, 0.6) is 5.75 Å². The number of amides is 1. The molecule has 1 atom stereocenters. The number of aryl methyl sites for hydroxylation is 1. The highest BCUT2D eigenvalue weighted by atomic mass is 35.5. The van der Waals surface area contributed by atoms with Gasteiger partial charge in [0.05, 0.1) is 30.5 Å². The Balaban J connectivity index is 0.00000400. The van der Waals surface area contributed by atoms with Crippen LogP contribution in [-0.4, -0.2) is 37.5 Å². The summed E-state index contributed by atoms with van der Waals surface area (Å²) in [7, 11) is 0. The summed E-state index contributed by atoms with van der Waals surface area (Å²) >= 11 is 0. The second kappa shape index (κ2) is 14.3. The molecule has 3 aromatic rings. The lowest BCUT2D eigenvalue weighted by molar-refractivity contribution is -0.120. The summed E-state index contributed by atoms with van der Waals surface area (Å²) in [5, 5.41) is 23.9. The number of pyridine rings is 1. The van der Waals surface area contributed by atoms with Crippen LogP contribution in [0.4, 0.5) is 5.69 Å². The van der Waals surface area contributed by atoms with Gasteiger partial charge < -0.3 is 15.1 Å². The maximum atomic E-state index is 14.1. The Morgan fingerprint density at radius 1 is 1.11 bits per heavy atom. The fraction of sp³-hybridized carbons (Fsp3) is 0.500. The van der Waals surface area contributed by atoms with Crippen molar-refractivity contribution < 1.29 is 15.0 Å². The molecule has 0 aliphatic heterocycles. The molecule has 2 heterocycles. The maximum Gasteiger partial charge on any atom is 0.234 e. The molecule has 1 aromatic carbocycles. The number of aliphatic hydroxyl groups excluding tert-OH is 1. The number of carbonyl (C=O) groups excluding carboxylic acids is 1. The van der Waals surface area contributed by atoms with Gasteiger partial charge in [0.15, 0.2) is 0 Å². The van der Waals surface area contributed by atoms with Crippen molar-refractivity contribution in [2.24, 2.45) is 0 Å². The largest absolute Gasteiger partial charge is 0.508 e. The molecule has 1 aliphatic carbocycles. The molecule has 1 aliphatic rings. The summed E-state index contributed by atoms with van der Waals surface area (Å²) in [4.78, 5) is 20.5. The number of anilines is 1. The lowest BCUT2D eigenvalue weighted by Crippen LogP contribution is -2.36. The van der Waals surface area contributed by atoms with E-state index in [2.05, 4.69) is 23.9 Å². The zero-order valence-corrected chi connectivity index (χ0v) is 23.4. The molecular formula is C30H41ClN4O3. The van der Waals surface area contributed by atoms with Gasteiger partial charge in [-0.3, -0.25) is 14.5 Å². The van der Waals surface area contributed by atoms with Crippen molar-refractivity contribution >= 4 is 24.0 Å². The SMILES string of the molecule is CC(C)c1ccc(N(Cc2cnn(CCCCCCCO)c2)C(=O)C2CCCc3c(O)cccc32)cn1.Cl. The highest BCUT2D eigenvalue weighted by molar-refractivity contribution is 5.98. The maximum absolute atomic E-state index is 14.1. The van der Waals surface area contributed by atoms with Crippen LogP contribution in [0.2, 0.25) is 0 Å². The van der Waals surface area contributed by atoms with Crippen molar-refractivity contribution in [1.82, 2.24) is 14.8 Å². The molecule has 2 N–H and O–H groups in total. The first-order valence-electron chi connectivity index (χ1n) is 13.7. The number of rotatable bonds is 12. The average molecular weight is 541 g/mol. The number of aliphatic hydroxyl groups is 1. The lowest BCUT2D eigenvalue weighted by Gasteiger charge is -2.31. The van der Waals surface area contributed by atoms with Crippen molar-refractivity contribution in [3.8, 4) is 5.75 Å². The van der Waals surface area contributed by atoms with Crippen molar-refractivity contribution in [3.05, 3.63) is 71.3 Å². The minimum absolute atomic E-state index is 0. The normalized spacial score (nSPS) is 14.7. The van der Waals surface area contributed by atoms with E-state index in [-0.39, 0.29) is 36.6 Å². The van der Waals surface area contributed by atoms with Crippen molar-refractivity contribution in [2.75, 3.05) is 11.5 Å². The predicted molar refractivity (Wildman–Crippen MR) is 153 cm³/mol. The van der Waals surface area contributed by atoms with E-state index in [1.165, 1.54) is 0 Å². The number of nitrogens with zero attached hydrogens (tertiary/aromatic N) is 4. The molecule has 0 fully saturated rings. The molecule has 0 radical (unpaired) electrons. The number of halogens is 1. The predicted octanol–water partition coefficient (Wildman–Crippen LogP) is 6.13. The second-order valence-corrected chi connectivity index (χ2v) is 10.4. The number of benzene rings is 1. The number of unbranched alkanes of at least 4 members (excludes halogenated alkanes) is 4. The Hall–Kier alpha value is -2.90. The molecule has 38 heavy (non-hydrogen) atoms. The van der Waals surface area contributed by atoms with Gasteiger partial charge in [-0.15, -0.1) is 12.4 Å². The van der Waals surface area contributed by atoms with Crippen LogP contribution in [0, 0.1) is 0 Å². The van der Waals surface area contributed by atoms with Crippen LogP contribution in [0.25, 0.3) is 0 Å². The number of hydrogen-bond donors (Lipinski definition) is 2. The van der Waals surface area contributed by atoms with Gasteiger partial charge in [0.2, 0.25) is 5.91 Å². The Morgan fingerprint density at radius 2 is 1.89 bits per heavy atom. The quantitative estimate of drug-likeness (QED) is 0.270. The van der Waals surface area contributed by atoms with Crippen LogP contribution in [0.15, 0.2) is 48.9 Å². The van der Waals surface area contributed by atoms with E-state index in [4.69, 9.17) is 5.11 Å². The van der Waals surface area contributed by atoms with Gasteiger partial charge in [-0.1, -0.05) is 45.2 Å². The van der Waals surface area contributed by atoms with Crippen LogP contribution in [-0.2, 0) is 24.3 Å². The van der Waals surface area contributed by atoms with Crippen LogP contribution < -0.4 is 4.90 Å². The van der Waals surface area contributed by atoms with E-state index in [1.807, 2.05) is 46.2 Å². The minimum Gasteiger partial charge on any atom is -0.508 e. The topological polar surface area (TPSA) is 91.5 Å². The number of aromatic nitrogens is 3. The smallest absolute Gasteiger partial charge is 0.234 e. The highest BCUT2D eigenvalue weighted by Gasteiger charge is 2.32. The first-order valence-corrected chi connectivity index (χ1v) is 13.7. The molecule has 1 unspecified atom stereocenters. The van der Waals surface area contributed by atoms with E-state index in [0.29, 0.717) is 12.5 Å². The molecule has 2 aromatic heterocycles. The molecule has 7 nitrogen and oxygen atoms in total. The number of fused-ring (bicyclic) bond motifs is 1. The third-order valence-electron chi connectivity index (χ3n) is 7.29. The minimum atomic E-state index is -0.297. The molecule has 0 bridgehead atoms. The zero-order valence-electron chi connectivity index (χ0n) is 22.6. The molecule has 0 saturated carbocycles. The highest BCUT2D eigenvalue weighted by Crippen LogP contribution is 2.38. The molecule has 8 heteroatoms. The van der Waals surface area contributed by atoms with Crippen molar-refractivity contribution in [1.29, 1.82) is 0 Å². The molecular weight excluding hydrogens is 500 g/mol. The molecule has 4 rings (SSSR count). The summed E-state index contributed by atoms with van der Waals surface area (Å²) < 4.78 is 1.96. The van der Waals surface area contributed by atoms with E-state index in [1.54, 1.807) is 12.3 Å². The van der Waals surface area contributed by atoms with Gasteiger partial charge in [0, 0.05) is 30.6 Å². The Kier molecular flexibility index (Phi) is 11.2. The van der Waals surface area contributed by atoms with Crippen molar-refractivity contribution in [2.45, 2.75) is 90.1 Å². The summed E-state index contributed by atoms with van der Waals surface area (Å²) in [6, 6.07) is 9.51. The average Bonchev–Trinajstić information content (AvgIpc) is 3.36. The summed E-state index contributed by atoms with van der Waals surface area (Å²) in [5.41, 5.74) is 4.58. The van der Waals surface area contributed by atoms with Gasteiger partial charge in [0.25, 0.3) is 0 Å². The first kappa shape index (κ1) is 29.7. The third-order valence-corrected chi connectivity index (χ3v) is 7.29. The number of hydrogen-bond acceptors (Lipinski definition) is 5. The lowest BCUT2D eigenvalue weighted by atomic mass is 9.81. The number of phenols is 1. The molecule has 1 amide bonds. The fourth-order valence-corrected chi connectivity index (χ4v) is 5.18. The van der Waals surface area contributed by atoms with Gasteiger partial charge in [0.1, 0.15) is 5.75 Å². The van der Waals surface area contributed by atoms with E-state index in [0.717, 1.165) is 86.0 Å². The number of phenolic OH excluding ortho intramolecular Hbond substituents is 1. The summed E-state index contributed by atoms with van der Waals surface area (Å²) in [6.45, 7) is 5.74. The Morgan fingerprint density at radius 3 is 2.63 bits per heavy atom. The Labute approximate surface area is 232 Å². The zero-order chi connectivity index (χ0) is 26.2. The second-order valence-electron chi connectivity index (χ2n) is 10.4. The van der Waals surface area contributed by atoms with Crippen molar-refractivity contribution in [3.63, 3.8) is 0 Å². The van der Waals surface area contributed by atoms with Crippen LogP contribution in [0.3, 0.4) is 0 Å². The summed E-state index contributed by atoms with van der Waals surface area (Å²) in [6.07, 6.45) is 13.3. The number of aromatic hydroxyl groups is 1. The summed E-state index contributed by atoms with van der Waals surface area (Å²) in [5.74, 6) is 0.326. The monoisotopic (exact) mass is 540 g/mol. The van der Waals surface area contributed by atoms with Gasteiger partial charge >= 0.3 is 0 Å². The van der Waals surface area contributed by atoms with Gasteiger partial charge in [-0.25, -0.2) is 0 Å². The van der Waals surface area contributed by atoms with Crippen LogP contribution >= 0.6 is 12.4 Å². The number of carbonyl (C=O) groups is 1. The standard InChI is InChI=1S/C30H40N4O3.ClH/c1-22(2)28-15-14-24(19-31-28)34(21-23-18-32-33(20-23)16-6-4-3-5-7-17-35)30(37)27-12-8-11-26-25(27)10-9-13-29(26)36;/h9-10,13-15,18-20,22,27,35-36H,3-8,11-12,16-17,21H2,1-2H3;1H. The van der Waals surface area contributed by atoms with Crippen LogP contribution in [0.1, 0.15) is 93.0 Å². The molecule has 0 spiro atoms. The van der Waals surface area contributed by atoms with Gasteiger partial charge in [-0.05, 0) is 67.3 Å². The molecule has 206 valence electrons. The van der Waals surface area contributed by atoms with E-state index in [9.17, 15) is 9.90 Å². The van der Waals surface area contributed by atoms with E-state index < -0.39 is 0 Å². The Bertz CT molecular complexity index is 1160.